The SMILES string of the molecule is Cc1cc(I)ccc1NCc1c(C(=O)O)cc(C(N)=O)c(F)c1F. The molecule has 2 rings (SSSR count). The minimum atomic E-state index is -1.48. The van der Waals surface area contributed by atoms with Crippen LogP contribution in [0.15, 0.2) is 24.3 Å². The van der Waals surface area contributed by atoms with Gasteiger partial charge in [0.1, 0.15) is 0 Å². The number of amides is 1. The lowest BCUT2D eigenvalue weighted by Gasteiger charge is -2.14. The first-order valence-corrected chi connectivity index (χ1v) is 7.84. The van der Waals surface area contributed by atoms with Crippen molar-refractivity contribution in [3.63, 3.8) is 0 Å². The van der Waals surface area contributed by atoms with Crippen molar-refractivity contribution in [2.45, 2.75) is 13.5 Å². The molecule has 0 aliphatic heterocycles. The molecule has 0 aromatic heterocycles. The highest BCUT2D eigenvalue weighted by Gasteiger charge is 2.24. The molecular weight excluding hydrogens is 433 g/mol. The number of nitrogens with one attached hydrogen (secondary N) is 1. The Hall–Kier alpha value is -2.23. The number of hydrogen-bond acceptors (Lipinski definition) is 3. The van der Waals surface area contributed by atoms with Gasteiger partial charge in [0.25, 0.3) is 5.91 Å². The zero-order valence-corrected chi connectivity index (χ0v) is 14.6. The Morgan fingerprint density at radius 1 is 1.21 bits per heavy atom. The fourth-order valence-corrected chi connectivity index (χ4v) is 2.86. The Bertz CT molecular complexity index is 841. The molecule has 0 atom stereocenters. The smallest absolute Gasteiger partial charge is 0.336 e. The van der Waals surface area contributed by atoms with Crippen LogP contribution in [0, 0.1) is 22.1 Å². The largest absolute Gasteiger partial charge is 0.478 e. The molecule has 0 spiro atoms. The Kier molecular flexibility index (Phi) is 5.37. The van der Waals surface area contributed by atoms with E-state index >= 15 is 0 Å². The van der Waals surface area contributed by atoms with Gasteiger partial charge in [-0.05, 0) is 59.3 Å². The molecule has 2 aromatic rings. The highest BCUT2D eigenvalue weighted by atomic mass is 127. The lowest BCUT2D eigenvalue weighted by atomic mass is 10.0. The molecule has 4 N–H and O–H groups in total. The standard InChI is InChI=1S/C16H13F2IN2O3/c1-7-4-8(19)2-3-12(7)21-6-11-9(16(23)24)5-10(15(20)22)13(17)14(11)18/h2-5,21H,6H2,1H3,(H2,20,22)(H,23,24). The fourth-order valence-electron chi connectivity index (χ4n) is 2.22. The van der Waals surface area contributed by atoms with Crippen LogP contribution in [0.2, 0.25) is 0 Å². The molecule has 0 saturated carbocycles. The van der Waals surface area contributed by atoms with Crippen molar-refractivity contribution in [2.24, 2.45) is 5.73 Å². The highest BCUT2D eigenvalue weighted by Crippen LogP contribution is 2.24. The monoisotopic (exact) mass is 446 g/mol. The number of rotatable bonds is 5. The molecular formula is C16H13F2IN2O3. The summed E-state index contributed by atoms with van der Waals surface area (Å²) >= 11 is 2.14. The Balaban J connectivity index is 2.44. The van der Waals surface area contributed by atoms with Crippen LogP contribution in [-0.4, -0.2) is 17.0 Å². The molecule has 0 saturated heterocycles. The van der Waals surface area contributed by atoms with Crippen LogP contribution in [0.3, 0.4) is 0 Å². The van der Waals surface area contributed by atoms with Crippen LogP contribution in [0.25, 0.3) is 0 Å². The third kappa shape index (κ3) is 3.64. The summed E-state index contributed by atoms with van der Waals surface area (Å²) in [6.07, 6.45) is 0. The van der Waals surface area contributed by atoms with Gasteiger partial charge in [-0.15, -0.1) is 0 Å². The summed E-state index contributed by atoms with van der Waals surface area (Å²) in [5.74, 6) is -5.57. The molecule has 0 fully saturated rings. The second kappa shape index (κ2) is 7.12. The van der Waals surface area contributed by atoms with Gasteiger partial charge in [0.2, 0.25) is 0 Å². The first kappa shape index (κ1) is 18.1. The average molecular weight is 446 g/mol. The summed E-state index contributed by atoms with van der Waals surface area (Å²) in [7, 11) is 0. The summed E-state index contributed by atoms with van der Waals surface area (Å²) in [5.41, 5.74) is 4.78. The molecule has 5 nitrogen and oxygen atoms in total. The lowest BCUT2D eigenvalue weighted by molar-refractivity contribution is 0.0695. The highest BCUT2D eigenvalue weighted by molar-refractivity contribution is 14.1. The van der Waals surface area contributed by atoms with Gasteiger partial charge in [0.05, 0.1) is 11.1 Å². The summed E-state index contributed by atoms with van der Waals surface area (Å²) in [6, 6.07) is 6.21. The van der Waals surface area contributed by atoms with Gasteiger partial charge >= 0.3 is 5.97 Å². The van der Waals surface area contributed by atoms with Crippen molar-refractivity contribution in [3.05, 3.63) is 61.7 Å². The van der Waals surface area contributed by atoms with Gasteiger partial charge in [0, 0.05) is 21.4 Å². The molecule has 0 bridgehead atoms. The minimum absolute atomic E-state index is 0.259. The van der Waals surface area contributed by atoms with E-state index in [9.17, 15) is 23.5 Å². The van der Waals surface area contributed by atoms with Gasteiger partial charge in [-0.2, -0.15) is 0 Å². The van der Waals surface area contributed by atoms with E-state index in [1.54, 1.807) is 6.07 Å². The van der Waals surface area contributed by atoms with Gasteiger partial charge in [-0.3, -0.25) is 4.79 Å². The fraction of sp³-hybridized carbons (Fsp3) is 0.125. The first-order chi connectivity index (χ1) is 11.2. The van der Waals surface area contributed by atoms with E-state index < -0.39 is 34.6 Å². The van der Waals surface area contributed by atoms with Crippen molar-refractivity contribution in [3.8, 4) is 0 Å². The zero-order valence-electron chi connectivity index (χ0n) is 12.5. The maximum atomic E-state index is 14.2. The van der Waals surface area contributed by atoms with Gasteiger partial charge in [-0.1, -0.05) is 0 Å². The van der Waals surface area contributed by atoms with E-state index in [2.05, 4.69) is 27.9 Å². The number of aryl methyl sites for hydroxylation is 1. The molecule has 1 amide bonds. The third-order valence-corrected chi connectivity index (χ3v) is 4.12. The van der Waals surface area contributed by atoms with Crippen molar-refractivity contribution in [1.29, 1.82) is 0 Å². The Labute approximate surface area is 150 Å². The molecule has 8 heteroatoms. The van der Waals surface area contributed by atoms with Crippen molar-refractivity contribution >= 4 is 40.2 Å². The van der Waals surface area contributed by atoms with Gasteiger partial charge in [0.15, 0.2) is 11.6 Å². The molecule has 0 heterocycles. The predicted octanol–water partition coefficient (Wildman–Crippen LogP) is 3.29. The number of benzene rings is 2. The summed E-state index contributed by atoms with van der Waals surface area (Å²) in [4.78, 5) is 22.4. The number of primary amides is 1. The quantitative estimate of drug-likeness (QED) is 0.615. The number of carboxylic acid groups (broad SMARTS) is 1. The molecule has 2 aromatic carbocycles. The molecule has 126 valence electrons. The zero-order chi connectivity index (χ0) is 18.0. The number of carbonyl (C=O) groups excluding carboxylic acids is 1. The number of aromatic carboxylic acids is 1. The van der Waals surface area contributed by atoms with Crippen LogP contribution < -0.4 is 11.1 Å². The van der Waals surface area contributed by atoms with Crippen LogP contribution in [0.4, 0.5) is 14.5 Å². The van der Waals surface area contributed by atoms with E-state index in [1.165, 1.54) is 0 Å². The number of anilines is 1. The maximum absolute atomic E-state index is 14.2. The Morgan fingerprint density at radius 2 is 1.88 bits per heavy atom. The number of nitrogens with two attached hydrogens (primary N) is 1. The van der Waals surface area contributed by atoms with Crippen molar-refractivity contribution < 1.29 is 23.5 Å². The van der Waals surface area contributed by atoms with E-state index in [0.29, 0.717) is 5.69 Å². The lowest BCUT2D eigenvalue weighted by Crippen LogP contribution is -2.19. The second-order valence-corrected chi connectivity index (χ2v) is 6.31. The average Bonchev–Trinajstić information content (AvgIpc) is 2.49. The topological polar surface area (TPSA) is 92.4 Å². The molecule has 24 heavy (non-hydrogen) atoms. The molecule has 0 aliphatic carbocycles. The van der Waals surface area contributed by atoms with Crippen molar-refractivity contribution in [1.82, 2.24) is 0 Å². The number of hydrogen-bond donors (Lipinski definition) is 3. The summed E-state index contributed by atoms with van der Waals surface area (Å²) in [5, 5.41) is 12.1. The molecule has 0 radical (unpaired) electrons. The van der Waals surface area contributed by atoms with E-state index in [1.807, 2.05) is 19.1 Å². The van der Waals surface area contributed by atoms with E-state index in [-0.39, 0.29) is 12.1 Å². The van der Waals surface area contributed by atoms with Crippen LogP contribution in [0.1, 0.15) is 31.8 Å². The van der Waals surface area contributed by atoms with Crippen LogP contribution in [-0.2, 0) is 6.54 Å². The van der Waals surface area contributed by atoms with E-state index in [4.69, 9.17) is 5.73 Å². The maximum Gasteiger partial charge on any atom is 0.336 e. The van der Waals surface area contributed by atoms with Crippen LogP contribution >= 0.6 is 22.6 Å². The normalized spacial score (nSPS) is 10.5. The van der Waals surface area contributed by atoms with E-state index in [0.717, 1.165) is 15.2 Å². The van der Waals surface area contributed by atoms with Gasteiger partial charge < -0.3 is 16.2 Å². The predicted molar refractivity (Wildman–Crippen MR) is 93.1 cm³/mol. The number of carbonyl (C=O) groups is 2. The minimum Gasteiger partial charge on any atom is -0.478 e. The molecule has 0 unspecified atom stereocenters. The van der Waals surface area contributed by atoms with Crippen LogP contribution in [0.5, 0.6) is 0 Å². The number of carboxylic acids is 1. The number of halogens is 3. The molecule has 0 aliphatic rings. The summed E-state index contributed by atoms with van der Waals surface area (Å²) < 4.78 is 29.1. The third-order valence-electron chi connectivity index (χ3n) is 3.45. The van der Waals surface area contributed by atoms with Crippen molar-refractivity contribution in [2.75, 3.05) is 5.32 Å². The van der Waals surface area contributed by atoms with Gasteiger partial charge in [-0.25, -0.2) is 13.6 Å². The Morgan fingerprint density at radius 3 is 2.42 bits per heavy atom. The second-order valence-electron chi connectivity index (χ2n) is 5.06. The summed E-state index contributed by atoms with van der Waals surface area (Å²) in [6.45, 7) is 1.57. The first-order valence-electron chi connectivity index (χ1n) is 6.76.